The minimum atomic E-state index is -4.03. The summed E-state index contributed by atoms with van der Waals surface area (Å²) >= 11 is 1.42. The van der Waals surface area contributed by atoms with Crippen LogP contribution >= 0.6 is 11.3 Å². The van der Waals surface area contributed by atoms with E-state index in [4.69, 9.17) is 14.2 Å². The first-order valence-corrected chi connectivity index (χ1v) is 19.3. The maximum Gasteiger partial charge on any atom is 0.306 e. The van der Waals surface area contributed by atoms with E-state index in [1.807, 2.05) is 13.8 Å². The van der Waals surface area contributed by atoms with E-state index in [-0.39, 0.29) is 66.9 Å². The van der Waals surface area contributed by atoms with Gasteiger partial charge >= 0.3 is 5.97 Å². The highest BCUT2D eigenvalue weighted by Gasteiger charge is 2.55. The highest BCUT2D eigenvalue weighted by molar-refractivity contribution is 7.89. The Labute approximate surface area is 285 Å². The topological polar surface area (TPSA) is 127 Å². The number of thiazole rings is 1. The van der Waals surface area contributed by atoms with E-state index >= 15 is 0 Å². The van der Waals surface area contributed by atoms with Crippen molar-refractivity contribution in [3.8, 4) is 0 Å². The van der Waals surface area contributed by atoms with E-state index in [1.165, 1.54) is 27.8 Å². The van der Waals surface area contributed by atoms with Crippen LogP contribution in [0, 0.1) is 35.4 Å². The molecule has 260 valence electrons. The van der Waals surface area contributed by atoms with Crippen molar-refractivity contribution in [3.63, 3.8) is 0 Å². The second-order valence-electron chi connectivity index (χ2n) is 14.3. The number of rotatable bonds is 14. The molecule has 7 rings (SSSR count). The number of benzene rings is 2. The normalized spacial score (nSPS) is 26.6. The minimum absolute atomic E-state index is 0.0332. The van der Waals surface area contributed by atoms with Crippen LogP contribution in [0.4, 0.5) is 9.52 Å². The Kier molecular flexibility index (Phi) is 9.80. The van der Waals surface area contributed by atoms with Crippen LogP contribution in [0.1, 0.15) is 51.5 Å². The molecule has 7 atom stereocenters. The highest BCUT2D eigenvalue weighted by atomic mass is 32.2. The third-order valence-corrected chi connectivity index (χ3v) is 12.9. The van der Waals surface area contributed by atoms with E-state index in [1.54, 1.807) is 30.3 Å². The molecule has 3 aromatic rings. The number of nitrogens with zero attached hydrogens (tertiary/aromatic N) is 2. The van der Waals surface area contributed by atoms with E-state index in [2.05, 4.69) is 10.3 Å². The second-order valence-corrected chi connectivity index (χ2v) is 17.2. The van der Waals surface area contributed by atoms with Gasteiger partial charge in [0.25, 0.3) is 0 Å². The molecule has 2 saturated heterocycles. The summed E-state index contributed by atoms with van der Waals surface area (Å²) in [6.45, 7) is 4.93. The summed E-state index contributed by atoms with van der Waals surface area (Å²) in [6, 6.07) is 11.4. The fraction of sp³-hybridized carbons (Fsp3) is 0.600. The summed E-state index contributed by atoms with van der Waals surface area (Å²) in [5, 5.41) is 15.9. The number of carbonyl (C=O) groups excluding carboxylic acids is 1. The van der Waals surface area contributed by atoms with Gasteiger partial charge in [0.05, 0.1) is 40.9 Å². The molecule has 2 aliphatic carbocycles. The number of aliphatic hydroxyl groups excluding tert-OH is 1. The van der Waals surface area contributed by atoms with Crippen LogP contribution in [0.3, 0.4) is 0 Å². The van der Waals surface area contributed by atoms with Crippen molar-refractivity contribution in [1.29, 1.82) is 0 Å². The number of anilines is 1. The van der Waals surface area contributed by atoms with Gasteiger partial charge in [0.15, 0.2) is 11.4 Å². The zero-order valence-electron chi connectivity index (χ0n) is 27.3. The number of hydrogen-bond acceptors (Lipinski definition) is 10. The van der Waals surface area contributed by atoms with Gasteiger partial charge in [-0.1, -0.05) is 37.3 Å². The van der Waals surface area contributed by atoms with Crippen LogP contribution in [-0.4, -0.2) is 79.6 Å². The second kappa shape index (κ2) is 13.9. The average Bonchev–Trinajstić information content (AvgIpc) is 3.45. The molecule has 1 aromatic heterocycles. The Bertz CT molecular complexity index is 1730. The molecule has 3 heterocycles. The monoisotopic (exact) mass is 701 g/mol. The Hall–Kier alpha value is -2.68. The molecule has 10 nitrogen and oxygen atoms in total. The number of halogens is 1. The lowest BCUT2D eigenvalue weighted by Crippen LogP contribution is -2.43. The van der Waals surface area contributed by atoms with Gasteiger partial charge in [-0.2, -0.15) is 4.31 Å². The standard InChI is InChI=1S/C35H44FN3O7S2/c1-20(2)17-39(48(42,43)26-8-9-28-31(16-26)47-35(38-28)37-25-6-7-25)18-29(40)22(12-21-4-3-5-24(36)13-21)15-32(41)46-30-14-23-19-45-34-33(23)27(30)10-11-44-34/h3-5,8-9,13,16,20,22-23,25,27,29-30,33-34,40H,6-7,10-12,14-15,17-19H2,1-2H3,(H,37,38)/t22?,23?,27?,29-,30-,33+,34+/m1/s1. The van der Waals surface area contributed by atoms with Crippen LogP contribution in [0.15, 0.2) is 47.4 Å². The summed E-state index contributed by atoms with van der Waals surface area (Å²) in [7, 11) is -4.03. The van der Waals surface area contributed by atoms with Crippen LogP contribution < -0.4 is 5.32 Å². The summed E-state index contributed by atoms with van der Waals surface area (Å²) in [5.41, 5.74) is 1.33. The van der Waals surface area contributed by atoms with Gasteiger partial charge in [0.1, 0.15) is 11.9 Å². The van der Waals surface area contributed by atoms with Gasteiger partial charge < -0.3 is 24.6 Å². The van der Waals surface area contributed by atoms with Crippen molar-refractivity contribution in [3.05, 3.63) is 53.8 Å². The van der Waals surface area contributed by atoms with Crippen LogP contribution in [0.2, 0.25) is 0 Å². The molecular formula is C35H44FN3O7S2. The molecule has 4 aliphatic rings. The van der Waals surface area contributed by atoms with E-state index < -0.39 is 33.8 Å². The number of hydrogen-bond donors (Lipinski definition) is 2. The Balaban J connectivity index is 1.09. The van der Waals surface area contributed by atoms with Crippen molar-refractivity contribution in [2.45, 2.75) is 81.8 Å². The van der Waals surface area contributed by atoms with Gasteiger partial charge in [-0.05, 0) is 79.8 Å². The number of carbonyl (C=O) groups is 1. The molecule has 0 bridgehead atoms. The van der Waals surface area contributed by atoms with Gasteiger partial charge in [0, 0.05) is 36.9 Å². The van der Waals surface area contributed by atoms with E-state index in [0.717, 1.165) is 34.6 Å². The molecule has 2 saturated carbocycles. The predicted octanol–water partition coefficient (Wildman–Crippen LogP) is 5.21. The first-order chi connectivity index (χ1) is 23.0. The summed E-state index contributed by atoms with van der Waals surface area (Å²) < 4.78 is 62.2. The molecule has 4 fully saturated rings. The zero-order chi connectivity index (χ0) is 33.6. The number of aliphatic hydroxyl groups is 1. The van der Waals surface area contributed by atoms with Crippen LogP contribution in [0.5, 0.6) is 0 Å². The molecule has 2 aliphatic heterocycles. The minimum Gasteiger partial charge on any atom is -0.462 e. The molecule has 0 radical (unpaired) electrons. The van der Waals surface area contributed by atoms with Crippen molar-refractivity contribution >= 4 is 42.7 Å². The lowest BCUT2D eigenvalue weighted by atomic mass is 9.86. The van der Waals surface area contributed by atoms with Crippen molar-refractivity contribution < 1.29 is 36.9 Å². The number of ether oxygens (including phenoxy) is 3. The predicted molar refractivity (Wildman–Crippen MR) is 179 cm³/mol. The lowest BCUT2D eigenvalue weighted by Gasteiger charge is -2.33. The maximum absolute atomic E-state index is 14.2. The molecule has 0 spiro atoms. The maximum atomic E-state index is 14.2. The number of nitrogens with one attached hydrogen (secondary N) is 1. The molecule has 3 unspecified atom stereocenters. The smallest absolute Gasteiger partial charge is 0.306 e. The SMILES string of the molecule is CC(C)CN(C[C@@H](O)C(CC(=O)O[C@@H]1CC2CO[C@@H]3OCCC1[C@H]23)Cc1cccc(F)c1)S(=O)(=O)c1ccc2nc(NC3CC3)sc2c1. The zero-order valence-corrected chi connectivity index (χ0v) is 28.9. The fourth-order valence-corrected chi connectivity index (χ4v) is 10.3. The lowest BCUT2D eigenvalue weighted by molar-refractivity contribution is -0.182. The number of esters is 1. The Morgan fingerprint density at radius 1 is 1.17 bits per heavy atom. The molecule has 2 aromatic carbocycles. The molecule has 48 heavy (non-hydrogen) atoms. The van der Waals surface area contributed by atoms with Gasteiger partial charge in [0.2, 0.25) is 10.0 Å². The third-order valence-electron chi connectivity index (χ3n) is 10.1. The van der Waals surface area contributed by atoms with Crippen molar-refractivity contribution in [2.24, 2.45) is 29.6 Å². The quantitative estimate of drug-likeness (QED) is 0.218. The molecule has 2 N–H and O–H groups in total. The van der Waals surface area contributed by atoms with Crippen LogP contribution in [-0.2, 0) is 35.4 Å². The highest BCUT2D eigenvalue weighted by Crippen LogP contribution is 2.50. The summed E-state index contributed by atoms with van der Waals surface area (Å²) in [4.78, 5) is 18.2. The number of fused-ring (bicyclic) bond motifs is 1. The van der Waals surface area contributed by atoms with Crippen molar-refractivity contribution in [1.82, 2.24) is 9.29 Å². The van der Waals surface area contributed by atoms with Gasteiger partial charge in [-0.25, -0.2) is 17.8 Å². The Morgan fingerprint density at radius 3 is 2.77 bits per heavy atom. The molecule has 13 heteroatoms. The molecule has 0 amide bonds. The van der Waals surface area contributed by atoms with E-state index in [9.17, 15) is 22.7 Å². The summed E-state index contributed by atoms with van der Waals surface area (Å²) in [6.07, 6.45) is 2.03. The first-order valence-electron chi connectivity index (χ1n) is 17.1. The van der Waals surface area contributed by atoms with E-state index in [0.29, 0.717) is 31.2 Å². The Morgan fingerprint density at radius 2 is 2.00 bits per heavy atom. The van der Waals surface area contributed by atoms with Gasteiger partial charge in [-0.15, -0.1) is 0 Å². The first kappa shape index (κ1) is 33.8. The summed E-state index contributed by atoms with van der Waals surface area (Å²) in [5.74, 6) is -0.957. The van der Waals surface area contributed by atoms with Crippen LogP contribution in [0.25, 0.3) is 10.2 Å². The van der Waals surface area contributed by atoms with Crippen molar-refractivity contribution in [2.75, 3.05) is 31.6 Å². The third kappa shape index (κ3) is 7.41. The fourth-order valence-electron chi connectivity index (χ4n) is 7.61. The molecular weight excluding hydrogens is 658 g/mol. The number of sulfonamides is 1. The number of aromatic nitrogens is 1. The largest absolute Gasteiger partial charge is 0.462 e. The average molecular weight is 702 g/mol. The van der Waals surface area contributed by atoms with Gasteiger partial charge in [-0.3, -0.25) is 4.79 Å².